The zero-order valence-electron chi connectivity index (χ0n) is 15.4. The lowest BCUT2D eigenvalue weighted by Gasteiger charge is -2.07. The Hall–Kier alpha value is -3.12. The molecule has 0 unspecified atom stereocenters. The number of hydrogen-bond acceptors (Lipinski definition) is 5. The largest absolute Gasteiger partial charge is 0.418 e. The highest BCUT2D eigenvalue weighted by molar-refractivity contribution is 7.99. The molecule has 0 saturated carbocycles. The molecule has 0 atom stereocenters. The van der Waals surface area contributed by atoms with Gasteiger partial charge in [0.15, 0.2) is 0 Å². The Morgan fingerprint density at radius 2 is 1.75 bits per heavy atom. The van der Waals surface area contributed by atoms with Gasteiger partial charge in [0.05, 0.1) is 11.4 Å². The molecule has 2 aromatic carbocycles. The lowest BCUT2D eigenvalue weighted by Crippen LogP contribution is -2.13. The number of hydrogen-bond donors (Lipinski definition) is 1. The van der Waals surface area contributed by atoms with Crippen molar-refractivity contribution in [1.82, 2.24) is 9.97 Å². The summed E-state index contributed by atoms with van der Waals surface area (Å²) in [6.07, 6.45) is 0.422. The van der Waals surface area contributed by atoms with Crippen LogP contribution in [0.2, 0.25) is 0 Å². The maximum atomic E-state index is 12.3. The highest BCUT2D eigenvalue weighted by Crippen LogP contribution is 2.26. The van der Waals surface area contributed by atoms with Crippen LogP contribution in [0.4, 0.5) is 5.69 Å². The third-order valence-electron chi connectivity index (χ3n) is 4.21. The average molecular weight is 389 g/mol. The fourth-order valence-electron chi connectivity index (χ4n) is 2.77. The lowest BCUT2D eigenvalue weighted by atomic mass is 10.2. The molecule has 0 fully saturated rings. The number of pyridine rings is 1. The van der Waals surface area contributed by atoms with E-state index in [0.717, 1.165) is 10.5 Å². The molecule has 4 rings (SSSR count). The van der Waals surface area contributed by atoms with E-state index in [1.165, 1.54) is 0 Å². The van der Waals surface area contributed by atoms with Crippen LogP contribution in [0, 0.1) is 6.92 Å². The zero-order chi connectivity index (χ0) is 19.3. The number of carbonyl (C=O) groups excluding carboxylic acids is 1. The van der Waals surface area contributed by atoms with E-state index in [2.05, 4.69) is 15.3 Å². The molecule has 0 aliphatic rings. The van der Waals surface area contributed by atoms with Crippen molar-refractivity contribution in [3.05, 3.63) is 72.4 Å². The predicted molar refractivity (Wildman–Crippen MR) is 112 cm³/mol. The summed E-state index contributed by atoms with van der Waals surface area (Å²) in [5.41, 5.74) is 3.34. The Morgan fingerprint density at radius 1 is 1.04 bits per heavy atom. The molecule has 0 aliphatic carbocycles. The quantitative estimate of drug-likeness (QED) is 0.452. The Labute approximate surface area is 167 Å². The molecule has 140 valence electrons. The van der Waals surface area contributed by atoms with Crippen molar-refractivity contribution in [2.45, 2.75) is 18.2 Å². The monoisotopic (exact) mass is 389 g/mol. The smallest absolute Gasteiger partial charge is 0.247 e. The van der Waals surface area contributed by atoms with E-state index in [9.17, 15) is 4.79 Å². The number of aromatic nitrogens is 2. The first kappa shape index (κ1) is 18.3. The number of nitrogens with zero attached hydrogens (tertiary/aromatic N) is 2. The summed E-state index contributed by atoms with van der Waals surface area (Å²) in [5, 5.41) is 2.94. The minimum absolute atomic E-state index is 0.0422. The van der Waals surface area contributed by atoms with Crippen LogP contribution in [0.1, 0.15) is 12.1 Å². The van der Waals surface area contributed by atoms with Crippen molar-refractivity contribution in [2.75, 3.05) is 11.1 Å². The van der Waals surface area contributed by atoms with Crippen LogP contribution >= 0.6 is 11.8 Å². The minimum Gasteiger partial charge on any atom is -0.418 e. The van der Waals surface area contributed by atoms with E-state index in [1.54, 1.807) is 11.8 Å². The van der Waals surface area contributed by atoms with Crippen molar-refractivity contribution < 1.29 is 9.21 Å². The van der Waals surface area contributed by atoms with Crippen molar-refractivity contribution >= 4 is 34.6 Å². The van der Waals surface area contributed by atoms with Gasteiger partial charge < -0.3 is 9.73 Å². The van der Waals surface area contributed by atoms with Crippen LogP contribution in [0.25, 0.3) is 22.7 Å². The van der Waals surface area contributed by atoms with Gasteiger partial charge in [-0.1, -0.05) is 36.4 Å². The van der Waals surface area contributed by atoms with Crippen LogP contribution in [0.3, 0.4) is 0 Å². The molecule has 0 bridgehead atoms. The third-order valence-corrected chi connectivity index (χ3v) is 5.22. The Kier molecular flexibility index (Phi) is 5.39. The van der Waals surface area contributed by atoms with Gasteiger partial charge in [0.1, 0.15) is 5.52 Å². The normalized spacial score (nSPS) is 10.9. The molecule has 0 aliphatic heterocycles. The van der Waals surface area contributed by atoms with Gasteiger partial charge >= 0.3 is 0 Å². The van der Waals surface area contributed by atoms with Gasteiger partial charge in [-0.15, -0.1) is 11.8 Å². The number of thioether (sulfide) groups is 1. The van der Waals surface area contributed by atoms with Crippen molar-refractivity contribution in [1.29, 1.82) is 0 Å². The van der Waals surface area contributed by atoms with Gasteiger partial charge in [0.25, 0.3) is 0 Å². The number of fused-ring (bicyclic) bond motifs is 1. The lowest BCUT2D eigenvalue weighted by molar-refractivity contribution is -0.115. The van der Waals surface area contributed by atoms with Gasteiger partial charge in [0, 0.05) is 22.6 Å². The second-order valence-corrected chi connectivity index (χ2v) is 7.46. The average Bonchev–Trinajstić information content (AvgIpc) is 3.12. The standard InChI is InChI=1S/C22H19N3O2S/c1-15-18(24-20(26)12-13-28-17-10-6-3-7-11-17)14-19-22(23-15)27-21(25-19)16-8-4-2-5-9-16/h2-11,14H,12-13H2,1H3,(H,24,26). The first-order valence-corrected chi connectivity index (χ1v) is 9.99. The topological polar surface area (TPSA) is 68.0 Å². The summed E-state index contributed by atoms with van der Waals surface area (Å²) in [6, 6.07) is 21.5. The molecule has 1 amide bonds. The molecule has 4 aromatic rings. The minimum atomic E-state index is -0.0422. The molecule has 28 heavy (non-hydrogen) atoms. The summed E-state index contributed by atoms with van der Waals surface area (Å²) in [6.45, 7) is 1.85. The maximum absolute atomic E-state index is 12.3. The molecular weight excluding hydrogens is 370 g/mol. The van der Waals surface area contributed by atoms with Gasteiger partial charge in [-0.3, -0.25) is 4.79 Å². The Bertz CT molecular complexity index is 1090. The maximum Gasteiger partial charge on any atom is 0.247 e. The zero-order valence-corrected chi connectivity index (χ0v) is 16.2. The van der Waals surface area contributed by atoms with Crippen molar-refractivity contribution in [3.8, 4) is 11.5 Å². The SMILES string of the molecule is Cc1nc2oc(-c3ccccc3)nc2cc1NC(=O)CCSc1ccccc1. The second kappa shape index (κ2) is 8.27. The fraction of sp³-hybridized carbons (Fsp3) is 0.136. The third kappa shape index (κ3) is 4.23. The Morgan fingerprint density at radius 3 is 2.50 bits per heavy atom. The van der Waals surface area contributed by atoms with Crippen LogP contribution in [0.5, 0.6) is 0 Å². The predicted octanol–water partition coefficient (Wildman–Crippen LogP) is 5.32. The molecule has 5 nitrogen and oxygen atoms in total. The van der Waals surface area contributed by atoms with Crippen LogP contribution in [-0.2, 0) is 4.79 Å². The highest BCUT2D eigenvalue weighted by atomic mass is 32.2. The van der Waals surface area contributed by atoms with Crippen LogP contribution in [0.15, 0.2) is 76.0 Å². The first-order chi connectivity index (χ1) is 13.7. The molecule has 2 heterocycles. The van der Waals surface area contributed by atoms with E-state index in [1.807, 2.05) is 73.7 Å². The van der Waals surface area contributed by atoms with Gasteiger partial charge in [-0.05, 0) is 37.3 Å². The summed E-state index contributed by atoms with van der Waals surface area (Å²) in [4.78, 5) is 22.4. The van der Waals surface area contributed by atoms with Crippen molar-refractivity contribution in [2.24, 2.45) is 0 Å². The van der Waals surface area contributed by atoms with E-state index < -0.39 is 0 Å². The fourth-order valence-corrected chi connectivity index (χ4v) is 3.65. The van der Waals surface area contributed by atoms with Gasteiger partial charge in [-0.25, -0.2) is 9.97 Å². The molecule has 6 heteroatoms. The molecule has 0 spiro atoms. The van der Waals surface area contributed by atoms with Gasteiger partial charge in [0.2, 0.25) is 17.5 Å². The second-order valence-electron chi connectivity index (χ2n) is 6.29. The number of oxazole rings is 1. The molecule has 2 aromatic heterocycles. The number of rotatable bonds is 6. The van der Waals surface area contributed by atoms with Gasteiger partial charge in [-0.2, -0.15) is 0 Å². The van der Waals surface area contributed by atoms with Crippen LogP contribution in [-0.4, -0.2) is 21.6 Å². The van der Waals surface area contributed by atoms with Crippen molar-refractivity contribution in [3.63, 3.8) is 0 Å². The van der Waals surface area contributed by atoms with Crippen LogP contribution < -0.4 is 5.32 Å². The molecule has 0 radical (unpaired) electrons. The summed E-state index contributed by atoms with van der Waals surface area (Å²) >= 11 is 1.66. The summed E-state index contributed by atoms with van der Waals surface area (Å²) in [5.74, 6) is 1.19. The summed E-state index contributed by atoms with van der Waals surface area (Å²) in [7, 11) is 0. The number of nitrogens with one attached hydrogen (secondary N) is 1. The molecular formula is C22H19N3O2S. The number of benzene rings is 2. The van der Waals surface area contributed by atoms with E-state index in [0.29, 0.717) is 40.7 Å². The number of carbonyl (C=O) groups is 1. The first-order valence-electron chi connectivity index (χ1n) is 9.00. The molecule has 1 N–H and O–H groups in total. The molecule has 0 saturated heterocycles. The number of anilines is 1. The van der Waals surface area contributed by atoms with E-state index >= 15 is 0 Å². The summed E-state index contributed by atoms with van der Waals surface area (Å²) < 4.78 is 5.77. The highest BCUT2D eigenvalue weighted by Gasteiger charge is 2.13. The number of amides is 1. The Balaban J connectivity index is 1.44. The number of aryl methyl sites for hydroxylation is 1. The van der Waals surface area contributed by atoms with E-state index in [4.69, 9.17) is 4.42 Å². The van der Waals surface area contributed by atoms with E-state index in [-0.39, 0.29) is 5.91 Å².